The molecule has 0 aromatic heterocycles. The number of rotatable bonds is 4. The molecule has 0 amide bonds. The summed E-state index contributed by atoms with van der Waals surface area (Å²) in [5, 5.41) is 3.67. The Hall–Kier alpha value is -0.0800. The van der Waals surface area contributed by atoms with Crippen LogP contribution in [0.2, 0.25) is 0 Å². The van der Waals surface area contributed by atoms with Crippen LogP contribution in [0.15, 0.2) is 0 Å². The number of piperazine rings is 1. The Labute approximate surface area is 107 Å². The Bertz CT molecular complexity index is 215. The summed E-state index contributed by atoms with van der Waals surface area (Å²) in [5.74, 6) is 1.01. The molecule has 0 aromatic rings. The predicted octanol–water partition coefficient (Wildman–Crippen LogP) is 3.03. The van der Waals surface area contributed by atoms with Crippen LogP contribution in [0.3, 0.4) is 0 Å². The van der Waals surface area contributed by atoms with Gasteiger partial charge in [0.05, 0.1) is 0 Å². The van der Waals surface area contributed by atoms with E-state index in [1.807, 2.05) is 0 Å². The topological polar surface area (TPSA) is 15.3 Å². The van der Waals surface area contributed by atoms with E-state index in [1.165, 1.54) is 64.6 Å². The second-order valence-corrected chi connectivity index (χ2v) is 6.03. The van der Waals surface area contributed by atoms with Gasteiger partial charge < -0.3 is 5.32 Å². The zero-order valence-electron chi connectivity index (χ0n) is 11.8. The Kier molecular flexibility index (Phi) is 5.30. The third-order valence-electron chi connectivity index (χ3n) is 4.77. The molecule has 2 rings (SSSR count). The maximum Gasteiger partial charge on any atom is 0.0195 e. The molecular weight excluding hydrogens is 208 g/mol. The van der Waals surface area contributed by atoms with E-state index in [9.17, 15) is 0 Å². The molecular formula is C15H30N2. The average molecular weight is 238 g/mol. The van der Waals surface area contributed by atoms with Crippen molar-refractivity contribution in [2.75, 3.05) is 19.6 Å². The van der Waals surface area contributed by atoms with Gasteiger partial charge >= 0.3 is 0 Å². The van der Waals surface area contributed by atoms with Crippen molar-refractivity contribution < 1.29 is 0 Å². The van der Waals surface area contributed by atoms with Gasteiger partial charge in [0.15, 0.2) is 0 Å². The molecule has 3 unspecified atom stereocenters. The maximum absolute atomic E-state index is 3.67. The van der Waals surface area contributed by atoms with E-state index in [1.54, 1.807) is 0 Å². The maximum atomic E-state index is 3.67. The van der Waals surface area contributed by atoms with Gasteiger partial charge in [0, 0.05) is 31.7 Å². The van der Waals surface area contributed by atoms with Crippen LogP contribution in [-0.4, -0.2) is 36.6 Å². The highest BCUT2D eigenvalue weighted by Crippen LogP contribution is 2.30. The highest BCUT2D eigenvalue weighted by molar-refractivity contribution is 4.86. The molecule has 100 valence electrons. The van der Waals surface area contributed by atoms with Gasteiger partial charge in [-0.05, 0) is 25.2 Å². The van der Waals surface area contributed by atoms with Crippen LogP contribution in [0.1, 0.15) is 58.8 Å². The molecule has 3 atom stereocenters. The van der Waals surface area contributed by atoms with Gasteiger partial charge in [-0.25, -0.2) is 0 Å². The Morgan fingerprint density at radius 1 is 1.24 bits per heavy atom. The van der Waals surface area contributed by atoms with Crippen molar-refractivity contribution in [1.29, 1.82) is 0 Å². The third-order valence-corrected chi connectivity index (χ3v) is 4.77. The molecule has 1 saturated heterocycles. The van der Waals surface area contributed by atoms with Gasteiger partial charge in [0.2, 0.25) is 0 Å². The standard InChI is InChI=1S/C15H30N2/c1-3-6-14-12-17(10-9-16-14)15-8-5-7-13(4-2)11-15/h13-16H,3-12H2,1-2H3. The van der Waals surface area contributed by atoms with Gasteiger partial charge in [0.25, 0.3) is 0 Å². The van der Waals surface area contributed by atoms with Gasteiger partial charge in [-0.3, -0.25) is 4.90 Å². The van der Waals surface area contributed by atoms with Crippen LogP contribution in [0, 0.1) is 5.92 Å². The Morgan fingerprint density at radius 2 is 2.12 bits per heavy atom. The Balaban J connectivity index is 1.83. The fourth-order valence-electron chi connectivity index (χ4n) is 3.69. The molecule has 2 aliphatic rings. The predicted molar refractivity (Wildman–Crippen MR) is 74.3 cm³/mol. The first-order chi connectivity index (χ1) is 8.33. The van der Waals surface area contributed by atoms with E-state index in [-0.39, 0.29) is 0 Å². The molecule has 1 saturated carbocycles. The second kappa shape index (κ2) is 6.75. The van der Waals surface area contributed by atoms with E-state index >= 15 is 0 Å². The van der Waals surface area contributed by atoms with Crippen LogP contribution >= 0.6 is 0 Å². The minimum atomic E-state index is 0.760. The summed E-state index contributed by atoms with van der Waals surface area (Å²) >= 11 is 0. The summed E-state index contributed by atoms with van der Waals surface area (Å²) in [6, 6.07) is 1.66. The second-order valence-electron chi connectivity index (χ2n) is 6.03. The quantitative estimate of drug-likeness (QED) is 0.810. The van der Waals surface area contributed by atoms with Gasteiger partial charge in [-0.2, -0.15) is 0 Å². The van der Waals surface area contributed by atoms with Crippen LogP contribution < -0.4 is 5.32 Å². The van der Waals surface area contributed by atoms with Crippen LogP contribution in [-0.2, 0) is 0 Å². The highest BCUT2D eigenvalue weighted by atomic mass is 15.2. The first-order valence-electron chi connectivity index (χ1n) is 7.80. The highest BCUT2D eigenvalue weighted by Gasteiger charge is 2.29. The van der Waals surface area contributed by atoms with Crippen molar-refractivity contribution in [3.63, 3.8) is 0 Å². The molecule has 1 aliphatic carbocycles. The number of hydrogen-bond donors (Lipinski definition) is 1. The summed E-state index contributed by atoms with van der Waals surface area (Å²) < 4.78 is 0. The minimum absolute atomic E-state index is 0.760. The van der Waals surface area contributed by atoms with E-state index in [2.05, 4.69) is 24.1 Å². The summed E-state index contributed by atoms with van der Waals surface area (Å²) in [7, 11) is 0. The molecule has 1 aliphatic heterocycles. The summed E-state index contributed by atoms with van der Waals surface area (Å²) in [6.45, 7) is 8.45. The van der Waals surface area contributed by atoms with E-state index in [4.69, 9.17) is 0 Å². The number of nitrogens with one attached hydrogen (secondary N) is 1. The van der Waals surface area contributed by atoms with Gasteiger partial charge in [0.1, 0.15) is 0 Å². The molecule has 0 aromatic carbocycles. The Morgan fingerprint density at radius 3 is 2.88 bits per heavy atom. The SMILES string of the molecule is CCCC1CN(C2CCCC(CC)C2)CCN1. The fourth-order valence-corrected chi connectivity index (χ4v) is 3.69. The lowest BCUT2D eigenvalue weighted by molar-refractivity contribution is 0.0936. The zero-order valence-corrected chi connectivity index (χ0v) is 11.8. The monoisotopic (exact) mass is 238 g/mol. The lowest BCUT2D eigenvalue weighted by atomic mass is 9.83. The lowest BCUT2D eigenvalue weighted by Crippen LogP contribution is -2.54. The molecule has 2 nitrogen and oxygen atoms in total. The fraction of sp³-hybridized carbons (Fsp3) is 1.00. The first-order valence-corrected chi connectivity index (χ1v) is 7.80. The molecule has 0 radical (unpaired) electrons. The van der Waals surface area contributed by atoms with E-state index in [0.717, 1.165) is 18.0 Å². The minimum Gasteiger partial charge on any atom is -0.311 e. The van der Waals surface area contributed by atoms with E-state index in [0.29, 0.717) is 0 Å². The van der Waals surface area contributed by atoms with Crippen molar-refractivity contribution in [2.24, 2.45) is 5.92 Å². The molecule has 17 heavy (non-hydrogen) atoms. The summed E-state index contributed by atoms with van der Waals surface area (Å²) in [5.41, 5.74) is 0. The molecule has 0 spiro atoms. The number of hydrogen-bond acceptors (Lipinski definition) is 2. The van der Waals surface area contributed by atoms with Crippen LogP contribution in [0.5, 0.6) is 0 Å². The van der Waals surface area contributed by atoms with Crippen molar-refractivity contribution in [3.05, 3.63) is 0 Å². The largest absolute Gasteiger partial charge is 0.311 e. The molecule has 2 fully saturated rings. The molecule has 1 heterocycles. The van der Waals surface area contributed by atoms with Crippen molar-refractivity contribution >= 4 is 0 Å². The molecule has 0 bridgehead atoms. The van der Waals surface area contributed by atoms with Crippen molar-refractivity contribution in [1.82, 2.24) is 10.2 Å². The van der Waals surface area contributed by atoms with E-state index < -0.39 is 0 Å². The van der Waals surface area contributed by atoms with Crippen molar-refractivity contribution in [2.45, 2.75) is 70.9 Å². The summed E-state index contributed by atoms with van der Waals surface area (Å²) in [6.07, 6.45) is 9.92. The molecule has 2 heteroatoms. The number of nitrogens with zero attached hydrogens (tertiary/aromatic N) is 1. The van der Waals surface area contributed by atoms with Crippen LogP contribution in [0.4, 0.5) is 0 Å². The summed E-state index contributed by atoms with van der Waals surface area (Å²) in [4.78, 5) is 2.79. The van der Waals surface area contributed by atoms with Crippen molar-refractivity contribution in [3.8, 4) is 0 Å². The third kappa shape index (κ3) is 3.69. The first kappa shape index (κ1) is 13.4. The van der Waals surface area contributed by atoms with Gasteiger partial charge in [-0.15, -0.1) is 0 Å². The van der Waals surface area contributed by atoms with Gasteiger partial charge in [-0.1, -0.05) is 39.5 Å². The zero-order chi connectivity index (χ0) is 12.1. The normalized spacial score (nSPS) is 36.0. The lowest BCUT2D eigenvalue weighted by Gasteiger charge is -2.42. The van der Waals surface area contributed by atoms with Crippen LogP contribution in [0.25, 0.3) is 0 Å². The smallest absolute Gasteiger partial charge is 0.0195 e. The average Bonchev–Trinajstić information content (AvgIpc) is 2.40. The molecule has 1 N–H and O–H groups in total.